The number of Topliss-reactive ketones (excluding diaryl/α,β-unsaturated/α-hetero) is 1. The minimum atomic E-state index is -0.571. The van der Waals surface area contributed by atoms with Crippen LogP contribution in [0, 0.1) is 5.92 Å². The normalized spacial score (nSPS) is 20.5. The number of nitrogens with zero attached hydrogens (tertiary/aromatic N) is 3. The smallest absolute Gasteiger partial charge is 0.246 e. The van der Waals surface area contributed by atoms with Gasteiger partial charge in [0.1, 0.15) is 13.5 Å². The zero-order chi connectivity index (χ0) is 38.8. The van der Waals surface area contributed by atoms with Crippen LogP contribution in [0.1, 0.15) is 58.8 Å². The number of amides is 3. The molecule has 0 aromatic heterocycles. The van der Waals surface area contributed by atoms with Crippen molar-refractivity contribution in [3.05, 3.63) is 0 Å². The van der Waals surface area contributed by atoms with E-state index in [2.05, 4.69) is 5.73 Å². The van der Waals surface area contributed by atoms with Crippen LogP contribution in [0.4, 0.5) is 0 Å². The molecule has 306 valence electrons. The molecule has 16 nitrogen and oxygen atoms in total. The number of likely N-dealkylation sites (tertiary alicyclic amines) is 3. The minimum Gasteiger partial charge on any atom is -0.379 e. The van der Waals surface area contributed by atoms with Crippen molar-refractivity contribution in [2.45, 2.75) is 76.9 Å². The Hall–Kier alpha value is -2.28. The Balaban J connectivity index is 1.13. The summed E-state index contributed by atoms with van der Waals surface area (Å²) in [4.78, 5) is 58.2. The van der Waals surface area contributed by atoms with E-state index in [0.717, 1.165) is 19.3 Å². The van der Waals surface area contributed by atoms with E-state index in [1.165, 1.54) is 0 Å². The Kier molecular flexibility index (Phi) is 22.4. The predicted octanol–water partition coefficient (Wildman–Crippen LogP) is 0.666. The first kappa shape index (κ1) is 43.4. The lowest BCUT2D eigenvalue weighted by atomic mass is 9.99. The average molecular weight is 760 g/mol. The van der Waals surface area contributed by atoms with Gasteiger partial charge in [0.05, 0.1) is 118 Å². The lowest BCUT2D eigenvalue weighted by molar-refractivity contribution is -0.150. The van der Waals surface area contributed by atoms with Gasteiger partial charge < -0.3 is 58.3 Å². The molecule has 1 unspecified atom stereocenters. The largest absolute Gasteiger partial charge is 0.379 e. The van der Waals surface area contributed by atoms with Crippen LogP contribution < -0.4 is 5.73 Å². The predicted molar refractivity (Wildman–Crippen MR) is 194 cm³/mol. The second-order valence-corrected chi connectivity index (χ2v) is 13.6. The first-order chi connectivity index (χ1) is 26.4. The van der Waals surface area contributed by atoms with Crippen molar-refractivity contribution in [2.75, 3.05) is 132 Å². The first-order valence-electron chi connectivity index (χ1n) is 20.1. The number of ketones is 1. The second kappa shape index (κ2) is 27.3. The Bertz CT molecular complexity index is 1080. The van der Waals surface area contributed by atoms with E-state index in [-0.39, 0.29) is 42.5 Å². The third-order valence-corrected chi connectivity index (χ3v) is 9.42. The molecule has 3 heterocycles. The maximum Gasteiger partial charge on any atom is 0.246 e. The summed E-state index contributed by atoms with van der Waals surface area (Å²) in [6.45, 7) is 12.8. The van der Waals surface area contributed by atoms with E-state index < -0.39 is 18.1 Å². The SMILES string of the molecule is [2H]NCCOCCOCCOCCOCCOCCOCCOCCOCCC(=O)N1CCC[C@@H]1C(=O)N1CCC[C@@H]1C(=O)N1CCCC1C(=O)C(C)C. The van der Waals surface area contributed by atoms with Crippen LogP contribution in [-0.4, -0.2) is 188 Å². The molecule has 3 fully saturated rings. The van der Waals surface area contributed by atoms with Gasteiger partial charge in [-0.15, -0.1) is 0 Å². The number of ether oxygens (including phenoxy) is 8. The van der Waals surface area contributed by atoms with Gasteiger partial charge >= 0.3 is 0 Å². The molecule has 3 atom stereocenters. The van der Waals surface area contributed by atoms with Gasteiger partial charge in [0.2, 0.25) is 17.7 Å². The molecule has 0 aromatic rings. The molecular formula is C37H66N4O12. The zero-order valence-corrected chi connectivity index (χ0v) is 32.1. The summed E-state index contributed by atoms with van der Waals surface area (Å²) in [6, 6.07) is -1.54. The lowest BCUT2D eigenvalue weighted by Crippen LogP contribution is -2.55. The molecule has 0 aromatic carbocycles. The fraction of sp³-hybridized carbons (Fsp3) is 0.892. The number of rotatable bonds is 31. The maximum atomic E-state index is 13.7. The van der Waals surface area contributed by atoms with Gasteiger partial charge in [-0.1, -0.05) is 13.8 Å². The Labute approximate surface area is 316 Å². The molecule has 3 aliphatic heterocycles. The van der Waals surface area contributed by atoms with Crippen molar-refractivity contribution >= 4 is 23.5 Å². The van der Waals surface area contributed by atoms with E-state index in [9.17, 15) is 19.2 Å². The molecule has 0 radical (unpaired) electrons. The van der Waals surface area contributed by atoms with Crippen LogP contribution in [0.15, 0.2) is 0 Å². The highest BCUT2D eigenvalue weighted by molar-refractivity contribution is 5.96. The molecular weight excluding hydrogens is 692 g/mol. The summed E-state index contributed by atoms with van der Waals surface area (Å²) < 4.78 is 50.5. The summed E-state index contributed by atoms with van der Waals surface area (Å²) >= 11 is 0. The van der Waals surface area contributed by atoms with Crippen LogP contribution in [0.25, 0.3) is 0 Å². The fourth-order valence-corrected chi connectivity index (χ4v) is 6.72. The van der Waals surface area contributed by atoms with Crippen LogP contribution in [-0.2, 0) is 57.1 Å². The van der Waals surface area contributed by atoms with Crippen molar-refractivity contribution in [3.8, 4) is 0 Å². The summed E-state index contributed by atoms with van der Waals surface area (Å²) in [5.41, 5.74) is 2.27. The number of hydrogen-bond donors (Lipinski definition) is 1. The quantitative estimate of drug-likeness (QED) is 0.0977. The topological polar surface area (TPSA) is 178 Å². The van der Waals surface area contributed by atoms with E-state index >= 15 is 0 Å². The van der Waals surface area contributed by atoms with E-state index in [4.69, 9.17) is 39.3 Å². The van der Waals surface area contributed by atoms with Gasteiger partial charge in [-0.25, -0.2) is 0 Å². The molecule has 3 saturated heterocycles. The fourth-order valence-electron chi connectivity index (χ4n) is 6.72. The Morgan fingerprint density at radius 3 is 1.28 bits per heavy atom. The Morgan fingerprint density at radius 1 is 0.528 bits per heavy atom. The van der Waals surface area contributed by atoms with Gasteiger partial charge in [0, 0.05) is 32.1 Å². The summed E-state index contributed by atoms with van der Waals surface area (Å²) in [6.07, 6.45) is 4.27. The standard InChI is InChI=1S/C37H66N4O12/c1-30(2)35(43)31-6-3-12-40(31)37(45)33-8-5-13-41(33)36(44)32-7-4-11-39(32)34(42)9-14-46-16-18-48-20-22-50-24-26-52-28-29-53-27-25-51-23-21-49-19-17-47-15-10-38/h30-33H,3-29,38H2,1-2H3/t31?,32-,33-/m1/s1/i/hD. The third kappa shape index (κ3) is 16.5. The van der Waals surface area contributed by atoms with Crippen molar-refractivity contribution in [1.82, 2.24) is 14.7 Å². The van der Waals surface area contributed by atoms with Gasteiger partial charge in [-0.2, -0.15) is 0 Å². The van der Waals surface area contributed by atoms with E-state index in [1.807, 2.05) is 13.8 Å². The molecule has 3 amide bonds. The molecule has 3 aliphatic rings. The summed E-state index contributed by atoms with van der Waals surface area (Å²) in [5, 5.41) is 0. The van der Waals surface area contributed by atoms with Gasteiger partial charge in [0.25, 0.3) is 0 Å². The highest BCUT2D eigenvalue weighted by Crippen LogP contribution is 2.29. The number of hydrogen-bond acceptors (Lipinski definition) is 13. The number of nitrogens with two attached hydrogens (primary N) is 1. The molecule has 53 heavy (non-hydrogen) atoms. The number of carbonyl (C=O) groups is 4. The molecule has 16 heteroatoms. The molecule has 0 spiro atoms. The van der Waals surface area contributed by atoms with Crippen molar-refractivity contribution in [2.24, 2.45) is 11.6 Å². The second-order valence-electron chi connectivity index (χ2n) is 13.6. The van der Waals surface area contributed by atoms with Crippen molar-refractivity contribution in [1.29, 1.82) is 0 Å². The van der Waals surface area contributed by atoms with Crippen LogP contribution >= 0.6 is 0 Å². The summed E-state index contributed by atoms with van der Waals surface area (Å²) in [7, 11) is 0. The van der Waals surface area contributed by atoms with Crippen LogP contribution in [0.3, 0.4) is 0 Å². The van der Waals surface area contributed by atoms with Crippen molar-refractivity contribution < 1.29 is 58.5 Å². The highest BCUT2D eigenvalue weighted by Gasteiger charge is 2.45. The summed E-state index contributed by atoms with van der Waals surface area (Å²) in [5.74, 6) is -0.489. The van der Waals surface area contributed by atoms with Crippen molar-refractivity contribution in [3.63, 3.8) is 0 Å². The lowest BCUT2D eigenvalue weighted by Gasteiger charge is -2.34. The monoisotopic (exact) mass is 759 g/mol. The van der Waals surface area contributed by atoms with Gasteiger partial charge in [-0.3, -0.25) is 19.2 Å². The van der Waals surface area contributed by atoms with Crippen LogP contribution in [0.5, 0.6) is 0 Å². The third-order valence-electron chi connectivity index (χ3n) is 9.42. The van der Waals surface area contributed by atoms with E-state index in [1.54, 1.807) is 14.7 Å². The molecule has 2 N–H and O–H groups in total. The number of carbonyl (C=O) groups excluding carboxylic acids is 4. The maximum absolute atomic E-state index is 13.7. The van der Waals surface area contributed by atoms with Gasteiger partial charge in [0.15, 0.2) is 5.78 Å². The minimum absolute atomic E-state index is 0.0790. The zero-order valence-electron chi connectivity index (χ0n) is 33.1. The van der Waals surface area contributed by atoms with Crippen LogP contribution in [0.2, 0.25) is 1.41 Å². The molecule has 0 bridgehead atoms. The Morgan fingerprint density at radius 2 is 0.868 bits per heavy atom. The molecule has 3 rings (SSSR count). The van der Waals surface area contributed by atoms with Gasteiger partial charge in [-0.05, 0) is 38.5 Å². The average Bonchev–Trinajstić information content (AvgIpc) is 3.97. The molecule has 0 saturated carbocycles. The molecule has 0 aliphatic carbocycles. The highest BCUT2D eigenvalue weighted by atomic mass is 16.6. The van der Waals surface area contributed by atoms with E-state index in [0.29, 0.717) is 145 Å². The first-order valence-corrected chi connectivity index (χ1v) is 19.6.